The van der Waals surface area contributed by atoms with E-state index in [0.717, 1.165) is 25.1 Å². The molecule has 0 unspecified atom stereocenters. The van der Waals surface area contributed by atoms with Crippen molar-refractivity contribution in [1.82, 2.24) is 0 Å². The number of nitrogens with zero attached hydrogens (tertiary/aromatic N) is 1. The fourth-order valence-electron chi connectivity index (χ4n) is 2.51. The van der Waals surface area contributed by atoms with E-state index in [1.54, 1.807) is 12.1 Å². The molecule has 1 aromatic carbocycles. The molecule has 1 fully saturated rings. The molecule has 1 aromatic rings. The van der Waals surface area contributed by atoms with Crippen LogP contribution < -0.4 is 10.6 Å². The van der Waals surface area contributed by atoms with Crippen molar-refractivity contribution in [3.05, 3.63) is 23.8 Å². The van der Waals surface area contributed by atoms with Gasteiger partial charge in [0.1, 0.15) is 0 Å². The van der Waals surface area contributed by atoms with Crippen molar-refractivity contribution in [3.63, 3.8) is 0 Å². The molecular weight excluding hydrogens is 244 g/mol. The number of nitrogen functional groups attached to an aromatic ring is 1. The number of carbonyl (C=O) groups is 1. The van der Waals surface area contributed by atoms with Gasteiger partial charge in [-0.2, -0.15) is 0 Å². The van der Waals surface area contributed by atoms with Crippen LogP contribution >= 0.6 is 0 Å². The fraction of sp³-hybridized carbons (Fsp3) is 0.500. The molecule has 0 heterocycles. The molecule has 3 N–H and O–H groups in total. The van der Waals surface area contributed by atoms with E-state index < -0.39 is 5.97 Å². The summed E-state index contributed by atoms with van der Waals surface area (Å²) in [5.74, 6) is 0.0630. The van der Waals surface area contributed by atoms with Crippen molar-refractivity contribution >= 4 is 17.3 Å². The largest absolute Gasteiger partial charge is 0.465 e. The lowest BCUT2D eigenvalue weighted by Gasteiger charge is -2.35. The van der Waals surface area contributed by atoms with Gasteiger partial charge in [0.2, 0.25) is 0 Å². The minimum atomic E-state index is -0.424. The van der Waals surface area contributed by atoms with E-state index in [-0.39, 0.29) is 6.10 Å². The van der Waals surface area contributed by atoms with Crippen LogP contribution in [0, 0.1) is 5.92 Å². The SMILES string of the molecule is COC(=O)c1cccc(N(C)CC2CC(O)C2)c1N. The fourth-order valence-corrected chi connectivity index (χ4v) is 2.51. The van der Waals surface area contributed by atoms with E-state index in [9.17, 15) is 9.90 Å². The third-order valence-corrected chi connectivity index (χ3v) is 3.64. The molecule has 104 valence electrons. The highest BCUT2D eigenvalue weighted by Crippen LogP contribution is 2.32. The molecule has 0 aromatic heterocycles. The van der Waals surface area contributed by atoms with Gasteiger partial charge in [-0.05, 0) is 30.9 Å². The van der Waals surface area contributed by atoms with Gasteiger partial charge in [-0.1, -0.05) is 6.07 Å². The van der Waals surface area contributed by atoms with Crippen LogP contribution in [-0.2, 0) is 4.74 Å². The van der Waals surface area contributed by atoms with Crippen LogP contribution in [0.1, 0.15) is 23.2 Å². The van der Waals surface area contributed by atoms with Gasteiger partial charge in [0.15, 0.2) is 0 Å². The Balaban J connectivity index is 2.13. The number of carbonyl (C=O) groups excluding carboxylic acids is 1. The summed E-state index contributed by atoms with van der Waals surface area (Å²) in [4.78, 5) is 13.6. The second kappa shape index (κ2) is 5.48. The summed E-state index contributed by atoms with van der Waals surface area (Å²) < 4.78 is 4.71. The number of esters is 1. The first-order valence-electron chi connectivity index (χ1n) is 6.39. The Morgan fingerprint density at radius 2 is 2.21 bits per heavy atom. The van der Waals surface area contributed by atoms with Crippen LogP contribution in [0.5, 0.6) is 0 Å². The lowest BCUT2D eigenvalue weighted by Crippen LogP contribution is -2.37. The number of hydrogen-bond acceptors (Lipinski definition) is 5. The molecule has 1 aliphatic rings. The van der Waals surface area contributed by atoms with Gasteiger partial charge in [0.25, 0.3) is 0 Å². The molecular formula is C14H20N2O3. The number of aliphatic hydroxyl groups excluding tert-OH is 1. The quantitative estimate of drug-likeness (QED) is 0.632. The molecule has 0 saturated heterocycles. The van der Waals surface area contributed by atoms with Gasteiger partial charge in [-0.25, -0.2) is 4.79 Å². The molecule has 2 rings (SSSR count). The molecule has 0 radical (unpaired) electrons. The monoisotopic (exact) mass is 264 g/mol. The Morgan fingerprint density at radius 3 is 2.79 bits per heavy atom. The first-order chi connectivity index (χ1) is 9.02. The second-order valence-corrected chi connectivity index (χ2v) is 5.10. The van der Waals surface area contributed by atoms with Crippen molar-refractivity contribution in [3.8, 4) is 0 Å². The van der Waals surface area contributed by atoms with E-state index in [1.165, 1.54) is 7.11 Å². The molecule has 1 aliphatic carbocycles. The number of methoxy groups -OCH3 is 1. The lowest BCUT2D eigenvalue weighted by molar-refractivity contribution is 0.0465. The standard InChI is InChI=1S/C14H20N2O3/c1-16(8-9-6-10(17)7-9)12-5-3-4-11(13(12)15)14(18)19-2/h3-5,9-10,17H,6-8,15H2,1-2H3. The van der Waals surface area contributed by atoms with Crippen LogP contribution in [0.2, 0.25) is 0 Å². The van der Waals surface area contributed by atoms with Crippen molar-refractivity contribution in [2.45, 2.75) is 18.9 Å². The first kappa shape index (κ1) is 13.7. The molecule has 0 spiro atoms. The predicted octanol–water partition coefficient (Wildman–Crippen LogP) is 1.26. The van der Waals surface area contributed by atoms with Crippen LogP contribution in [-0.4, -0.2) is 37.9 Å². The molecule has 5 heteroatoms. The number of benzene rings is 1. The minimum absolute atomic E-state index is 0.155. The van der Waals surface area contributed by atoms with Crippen molar-refractivity contribution in [1.29, 1.82) is 0 Å². The highest BCUT2D eigenvalue weighted by Gasteiger charge is 2.28. The summed E-state index contributed by atoms with van der Waals surface area (Å²) in [5.41, 5.74) is 7.69. The van der Waals surface area contributed by atoms with Gasteiger partial charge in [0.05, 0.1) is 30.2 Å². The molecule has 0 aliphatic heterocycles. The number of ether oxygens (including phenoxy) is 1. The zero-order chi connectivity index (χ0) is 14.0. The molecule has 0 amide bonds. The minimum Gasteiger partial charge on any atom is -0.465 e. The van der Waals surface area contributed by atoms with E-state index >= 15 is 0 Å². The molecule has 19 heavy (non-hydrogen) atoms. The number of para-hydroxylation sites is 1. The van der Waals surface area contributed by atoms with Crippen LogP contribution in [0.3, 0.4) is 0 Å². The predicted molar refractivity (Wildman–Crippen MR) is 74.2 cm³/mol. The van der Waals surface area contributed by atoms with Gasteiger partial charge in [-0.15, -0.1) is 0 Å². The van der Waals surface area contributed by atoms with Crippen molar-refractivity contribution in [2.24, 2.45) is 5.92 Å². The van der Waals surface area contributed by atoms with Crippen molar-refractivity contribution in [2.75, 3.05) is 31.3 Å². The number of hydrogen-bond donors (Lipinski definition) is 2. The normalized spacial score (nSPS) is 21.6. The Bertz CT molecular complexity index is 470. The van der Waals surface area contributed by atoms with E-state index in [4.69, 9.17) is 10.5 Å². The Kier molecular flexibility index (Phi) is 3.95. The van der Waals surface area contributed by atoms with Crippen LogP contribution in [0.4, 0.5) is 11.4 Å². The Hall–Kier alpha value is -1.75. The Morgan fingerprint density at radius 1 is 1.53 bits per heavy atom. The molecule has 0 bridgehead atoms. The molecule has 5 nitrogen and oxygen atoms in total. The maximum Gasteiger partial charge on any atom is 0.340 e. The summed E-state index contributed by atoms with van der Waals surface area (Å²) in [6, 6.07) is 5.34. The van der Waals surface area contributed by atoms with Gasteiger partial charge in [-0.3, -0.25) is 0 Å². The average Bonchev–Trinajstić information content (AvgIpc) is 2.36. The van der Waals surface area contributed by atoms with E-state index in [1.807, 2.05) is 18.0 Å². The van der Waals surface area contributed by atoms with Gasteiger partial charge >= 0.3 is 5.97 Å². The third-order valence-electron chi connectivity index (χ3n) is 3.64. The van der Waals surface area contributed by atoms with Crippen LogP contribution in [0.15, 0.2) is 18.2 Å². The molecule has 0 atom stereocenters. The second-order valence-electron chi connectivity index (χ2n) is 5.10. The number of anilines is 2. The van der Waals surface area contributed by atoms with Crippen LogP contribution in [0.25, 0.3) is 0 Å². The maximum absolute atomic E-state index is 11.6. The van der Waals surface area contributed by atoms with E-state index in [0.29, 0.717) is 17.2 Å². The topological polar surface area (TPSA) is 75.8 Å². The molecule has 1 saturated carbocycles. The zero-order valence-electron chi connectivity index (χ0n) is 11.3. The highest BCUT2D eigenvalue weighted by molar-refractivity contribution is 5.98. The van der Waals surface area contributed by atoms with Gasteiger partial charge < -0.3 is 20.5 Å². The number of nitrogens with two attached hydrogens (primary N) is 1. The van der Waals surface area contributed by atoms with Gasteiger partial charge in [0, 0.05) is 13.6 Å². The lowest BCUT2D eigenvalue weighted by atomic mass is 9.82. The van der Waals surface area contributed by atoms with Crippen molar-refractivity contribution < 1.29 is 14.6 Å². The van der Waals surface area contributed by atoms with E-state index in [2.05, 4.69) is 0 Å². The summed E-state index contributed by atoms with van der Waals surface area (Å²) in [6.45, 7) is 0.825. The first-order valence-corrected chi connectivity index (χ1v) is 6.39. The maximum atomic E-state index is 11.6. The highest BCUT2D eigenvalue weighted by atomic mass is 16.5. The summed E-state index contributed by atoms with van der Waals surface area (Å²) >= 11 is 0. The third kappa shape index (κ3) is 2.81. The summed E-state index contributed by atoms with van der Waals surface area (Å²) in [7, 11) is 3.28. The zero-order valence-corrected chi connectivity index (χ0v) is 11.3. The number of rotatable bonds is 4. The summed E-state index contributed by atoms with van der Waals surface area (Å²) in [5, 5.41) is 9.30. The number of aliphatic hydroxyl groups is 1. The summed E-state index contributed by atoms with van der Waals surface area (Å²) in [6.07, 6.45) is 1.51. The average molecular weight is 264 g/mol. The Labute approximate surface area is 113 Å². The smallest absolute Gasteiger partial charge is 0.340 e.